The van der Waals surface area contributed by atoms with E-state index in [1.807, 2.05) is 19.1 Å². The van der Waals surface area contributed by atoms with Crippen LogP contribution < -0.4 is 20.2 Å². The molecule has 2 N–H and O–H groups in total. The number of rotatable bonds is 3. The zero-order chi connectivity index (χ0) is 17.1. The summed E-state index contributed by atoms with van der Waals surface area (Å²) in [6.07, 6.45) is 1.44. The van der Waals surface area contributed by atoms with Crippen LogP contribution in [0.15, 0.2) is 39.9 Å². The number of ether oxygens (including phenoxy) is 2. The Morgan fingerprint density at radius 2 is 2.04 bits per heavy atom. The first-order valence-electron chi connectivity index (χ1n) is 6.98. The number of hydrogen-bond acceptors (Lipinski definition) is 4. The van der Waals surface area contributed by atoms with E-state index in [0.717, 1.165) is 10.0 Å². The summed E-state index contributed by atoms with van der Waals surface area (Å²) < 4.78 is 11.5. The summed E-state index contributed by atoms with van der Waals surface area (Å²) in [7, 11) is 0. The highest BCUT2D eigenvalue weighted by molar-refractivity contribution is 9.10. The van der Waals surface area contributed by atoms with E-state index in [2.05, 4.69) is 31.8 Å². The van der Waals surface area contributed by atoms with Crippen molar-refractivity contribution in [1.82, 2.24) is 5.43 Å². The van der Waals surface area contributed by atoms with Crippen LogP contribution in [0.5, 0.6) is 11.5 Å². The number of hydrogen-bond donors (Lipinski definition) is 2. The van der Waals surface area contributed by atoms with Crippen molar-refractivity contribution in [2.75, 3.05) is 12.1 Å². The average Bonchev–Trinajstić information content (AvgIpc) is 2.98. The maximum Gasteiger partial charge on any atom is 0.339 e. The molecule has 0 unspecified atom stereocenters. The van der Waals surface area contributed by atoms with Crippen molar-refractivity contribution in [2.24, 2.45) is 5.10 Å². The van der Waals surface area contributed by atoms with E-state index in [9.17, 15) is 4.79 Å². The second-order valence-electron chi connectivity index (χ2n) is 5.02. The van der Waals surface area contributed by atoms with Crippen molar-refractivity contribution in [1.29, 1.82) is 0 Å². The normalized spacial score (nSPS) is 12.5. The highest BCUT2D eigenvalue weighted by Gasteiger charge is 2.15. The number of carbonyl (C=O) groups excluding carboxylic acids is 1. The molecular weight excluding hydrogens is 398 g/mol. The number of carbonyl (C=O) groups is 1. The fourth-order valence-corrected chi connectivity index (χ4v) is 2.52. The Bertz CT molecular complexity index is 826. The van der Waals surface area contributed by atoms with Gasteiger partial charge in [0.25, 0.3) is 0 Å². The highest BCUT2D eigenvalue weighted by Crippen LogP contribution is 2.36. The van der Waals surface area contributed by atoms with Crippen LogP contribution in [0.25, 0.3) is 0 Å². The lowest BCUT2D eigenvalue weighted by Crippen LogP contribution is -2.24. The molecule has 0 aliphatic carbocycles. The predicted molar refractivity (Wildman–Crippen MR) is 96.2 cm³/mol. The van der Waals surface area contributed by atoms with Crippen LogP contribution in [0.4, 0.5) is 10.5 Å². The second kappa shape index (κ2) is 7.11. The molecule has 0 saturated heterocycles. The molecule has 1 aliphatic heterocycles. The second-order valence-corrected chi connectivity index (χ2v) is 6.28. The predicted octanol–water partition coefficient (Wildman–Crippen LogP) is 4.30. The molecule has 6 nitrogen and oxygen atoms in total. The molecule has 1 heterocycles. The average molecular weight is 411 g/mol. The molecular formula is C16H13BrClN3O3. The molecule has 0 aromatic heterocycles. The quantitative estimate of drug-likeness (QED) is 0.585. The number of halogens is 2. The molecule has 0 radical (unpaired) electrons. The molecule has 0 bridgehead atoms. The van der Waals surface area contributed by atoms with E-state index < -0.39 is 6.03 Å². The number of benzene rings is 2. The minimum absolute atomic E-state index is 0.166. The minimum atomic E-state index is -0.454. The molecule has 8 heteroatoms. The number of hydrazone groups is 1. The number of nitrogens with one attached hydrogen (secondary N) is 2. The van der Waals surface area contributed by atoms with Crippen LogP contribution in [0.3, 0.4) is 0 Å². The Morgan fingerprint density at radius 3 is 2.79 bits per heavy atom. The summed E-state index contributed by atoms with van der Waals surface area (Å²) >= 11 is 9.53. The number of aryl methyl sites for hydroxylation is 1. The number of anilines is 1. The van der Waals surface area contributed by atoms with Gasteiger partial charge in [-0.25, -0.2) is 10.2 Å². The van der Waals surface area contributed by atoms with E-state index >= 15 is 0 Å². The summed E-state index contributed by atoms with van der Waals surface area (Å²) in [4.78, 5) is 11.8. The summed E-state index contributed by atoms with van der Waals surface area (Å²) in [5.41, 5.74) is 4.69. The van der Waals surface area contributed by atoms with Crippen molar-refractivity contribution in [3.63, 3.8) is 0 Å². The van der Waals surface area contributed by atoms with Gasteiger partial charge in [0, 0.05) is 21.8 Å². The first-order valence-corrected chi connectivity index (χ1v) is 8.15. The number of nitrogens with zero attached hydrogens (tertiary/aromatic N) is 1. The van der Waals surface area contributed by atoms with Gasteiger partial charge in [0.15, 0.2) is 11.5 Å². The van der Waals surface area contributed by atoms with Gasteiger partial charge in [0.1, 0.15) is 0 Å². The lowest BCUT2D eigenvalue weighted by molar-refractivity contribution is 0.174. The maximum atomic E-state index is 11.8. The first kappa shape index (κ1) is 16.6. The van der Waals surface area contributed by atoms with E-state index in [1.54, 1.807) is 18.2 Å². The van der Waals surface area contributed by atoms with Crippen molar-refractivity contribution in [2.45, 2.75) is 6.92 Å². The maximum absolute atomic E-state index is 11.8. The van der Waals surface area contributed by atoms with Crippen LogP contribution in [-0.4, -0.2) is 19.0 Å². The van der Waals surface area contributed by atoms with Gasteiger partial charge in [-0.3, -0.25) is 0 Å². The molecule has 0 atom stereocenters. The third-order valence-electron chi connectivity index (χ3n) is 3.28. The standard InChI is InChI=1S/C16H13BrClN3O3/c1-9-4-11(2-3-12(9)17)20-16(22)21-19-7-10-5-14-15(6-13(10)18)24-8-23-14/h2-7H,8H2,1H3,(H2,20,21,22)/b19-7+. The zero-order valence-electron chi connectivity index (χ0n) is 12.6. The van der Waals surface area contributed by atoms with Crippen LogP contribution in [-0.2, 0) is 0 Å². The van der Waals surface area contributed by atoms with E-state index in [0.29, 0.717) is 27.8 Å². The lowest BCUT2D eigenvalue weighted by Gasteiger charge is -2.06. The molecule has 3 rings (SSSR count). The molecule has 0 fully saturated rings. The summed E-state index contributed by atoms with van der Waals surface area (Å²) in [5.74, 6) is 1.18. The van der Waals surface area contributed by atoms with Gasteiger partial charge in [-0.1, -0.05) is 27.5 Å². The van der Waals surface area contributed by atoms with Gasteiger partial charge in [-0.05, 0) is 36.8 Å². The van der Waals surface area contributed by atoms with Crippen molar-refractivity contribution in [3.8, 4) is 11.5 Å². The molecule has 0 spiro atoms. The van der Waals surface area contributed by atoms with Crippen molar-refractivity contribution < 1.29 is 14.3 Å². The molecule has 2 aromatic carbocycles. The number of fused-ring (bicyclic) bond motifs is 1. The number of urea groups is 1. The lowest BCUT2D eigenvalue weighted by atomic mass is 10.2. The van der Waals surface area contributed by atoms with E-state index in [-0.39, 0.29) is 6.79 Å². The highest BCUT2D eigenvalue weighted by atomic mass is 79.9. The van der Waals surface area contributed by atoms with Gasteiger partial charge in [0.05, 0.1) is 11.2 Å². The Kier molecular flexibility index (Phi) is 4.92. The minimum Gasteiger partial charge on any atom is -0.454 e. The molecule has 2 aromatic rings. The van der Waals surface area contributed by atoms with Gasteiger partial charge < -0.3 is 14.8 Å². The Balaban J connectivity index is 1.61. The fraction of sp³-hybridized carbons (Fsp3) is 0.125. The number of amides is 2. The fourth-order valence-electron chi connectivity index (χ4n) is 2.07. The third-order valence-corrected chi connectivity index (χ3v) is 4.49. The largest absolute Gasteiger partial charge is 0.454 e. The summed E-state index contributed by atoms with van der Waals surface area (Å²) in [5, 5.41) is 7.03. The Labute approximate surface area is 151 Å². The smallest absolute Gasteiger partial charge is 0.339 e. The molecule has 2 amide bonds. The molecule has 24 heavy (non-hydrogen) atoms. The van der Waals surface area contributed by atoms with Gasteiger partial charge in [-0.2, -0.15) is 5.10 Å². The van der Waals surface area contributed by atoms with E-state index in [4.69, 9.17) is 21.1 Å². The van der Waals surface area contributed by atoms with Gasteiger partial charge in [-0.15, -0.1) is 0 Å². The first-order chi connectivity index (χ1) is 11.5. The van der Waals surface area contributed by atoms with Crippen molar-refractivity contribution in [3.05, 3.63) is 51.0 Å². The molecule has 1 aliphatic rings. The third kappa shape index (κ3) is 3.80. The van der Waals surface area contributed by atoms with Gasteiger partial charge in [0.2, 0.25) is 6.79 Å². The van der Waals surface area contributed by atoms with E-state index in [1.165, 1.54) is 6.21 Å². The molecule has 124 valence electrons. The van der Waals surface area contributed by atoms with Gasteiger partial charge >= 0.3 is 6.03 Å². The topological polar surface area (TPSA) is 72.0 Å². The van der Waals surface area contributed by atoms with Crippen LogP contribution in [0, 0.1) is 6.92 Å². The van der Waals surface area contributed by atoms with Crippen molar-refractivity contribution >= 4 is 45.5 Å². The SMILES string of the molecule is Cc1cc(NC(=O)N/N=C/c2cc3c(cc2Cl)OCO3)ccc1Br. The molecule has 0 saturated carbocycles. The van der Waals surface area contributed by atoms with Crippen LogP contribution in [0.2, 0.25) is 5.02 Å². The van der Waals surface area contributed by atoms with Crippen LogP contribution in [0.1, 0.15) is 11.1 Å². The Morgan fingerprint density at radius 1 is 1.29 bits per heavy atom. The Hall–Kier alpha value is -2.25. The monoisotopic (exact) mass is 409 g/mol. The summed E-state index contributed by atoms with van der Waals surface area (Å²) in [6.45, 7) is 2.10. The zero-order valence-corrected chi connectivity index (χ0v) is 14.9. The summed E-state index contributed by atoms with van der Waals surface area (Å²) in [6, 6.07) is 8.39. The van der Waals surface area contributed by atoms with Crippen LogP contribution >= 0.6 is 27.5 Å².